The highest BCUT2D eigenvalue weighted by Gasteiger charge is 2.30. The number of benzene rings is 1. The Balaban J connectivity index is 2.60. The molecule has 1 unspecified atom stereocenters. The van der Waals surface area contributed by atoms with E-state index in [9.17, 15) is 9.59 Å². The normalized spacial score (nSPS) is 18.7. The average Bonchev–Trinajstić information content (AvgIpc) is 2.17. The largest absolute Gasteiger partial charge is 0.480 e. The molecule has 0 saturated heterocycles. The van der Waals surface area contributed by atoms with Gasteiger partial charge >= 0.3 is 5.97 Å². The molecular formula is C11H9NO3. The number of hydrogen-bond acceptors (Lipinski definition) is 3. The number of anilines is 1. The molecule has 1 aliphatic carbocycles. The molecule has 0 heterocycles. The third-order valence-electron chi connectivity index (χ3n) is 2.38. The van der Waals surface area contributed by atoms with E-state index < -0.39 is 17.7 Å². The molecule has 0 radical (unpaired) electrons. The Labute approximate surface area is 86.0 Å². The monoisotopic (exact) mass is 203 g/mol. The van der Waals surface area contributed by atoms with Crippen molar-refractivity contribution in [1.82, 2.24) is 0 Å². The maximum atomic E-state index is 11.4. The molecule has 15 heavy (non-hydrogen) atoms. The van der Waals surface area contributed by atoms with Crippen LogP contribution in [-0.2, 0) is 9.59 Å². The molecule has 0 aromatic heterocycles. The van der Waals surface area contributed by atoms with Crippen LogP contribution in [0, 0.1) is 0 Å². The lowest BCUT2D eigenvalue weighted by Crippen LogP contribution is -2.23. The number of rotatable bonds is 1. The second-order valence-corrected chi connectivity index (χ2v) is 3.40. The van der Waals surface area contributed by atoms with Gasteiger partial charge in [-0.2, -0.15) is 0 Å². The number of ketones is 1. The number of hydrogen-bond donors (Lipinski definition) is 2. The van der Waals surface area contributed by atoms with Crippen molar-refractivity contribution < 1.29 is 14.7 Å². The minimum atomic E-state index is -1.13. The molecule has 0 fully saturated rings. The highest BCUT2D eigenvalue weighted by molar-refractivity contribution is 6.13. The van der Waals surface area contributed by atoms with Crippen molar-refractivity contribution in [1.29, 1.82) is 0 Å². The summed E-state index contributed by atoms with van der Waals surface area (Å²) in [5.41, 5.74) is 7.32. The molecule has 0 spiro atoms. The van der Waals surface area contributed by atoms with E-state index in [-0.39, 0.29) is 0 Å². The first-order valence-corrected chi connectivity index (χ1v) is 4.44. The molecule has 4 heteroatoms. The van der Waals surface area contributed by atoms with Crippen LogP contribution in [0.25, 0.3) is 6.08 Å². The van der Waals surface area contributed by atoms with Gasteiger partial charge in [0.1, 0.15) is 5.92 Å². The van der Waals surface area contributed by atoms with Crippen molar-refractivity contribution in [2.24, 2.45) is 0 Å². The van der Waals surface area contributed by atoms with Crippen LogP contribution in [0.2, 0.25) is 0 Å². The lowest BCUT2D eigenvalue weighted by molar-refractivity contribution is -0.141. The number of carboxylic acids is 1. The number of allylic oxidation sites excluding steroid dienone is 1. The maximum absolute atomic E-state index is 11.4. The molecule has 0 aliphatic heterocycles. The van der Waals surface area contributed by atoms with E-state index in [2.05, 4.69) is 0 Å². The number of nitrogen functional groups attached to an aromatic ring is 1. The minimum absolute atomic E-state index is 0.403. The smallest absolute Gasteiger partial charge is 0.318 e. The van der Waals surface area contributed by atoms with Gasteiger partial charge in [-0.3, -0.25) is 9.59 Å². The fourth-order valence-electron chi connectivity index (χ4n) is 1.68. The van der Waals surface area contributed by atoms with Gasteiger partial charge in [-0.1, -0.05) is 12.1 Å². The molecular weight excluding hydrogens is 194 g/mol. The van der Waals surface area contributed by atoms with Crippen LogP contribution < -0.4 is 5.73 Å². The summed E-state index contributed by atoms with van der Waals surface area (Å²) in [6.07, 6.45) is 2.87. The lowest BCUT2D eigenvalue weighted by Gasteiger charge is -2.16. The van der Waals surface area contributed by atoms with Crippen LogP contribution in [0.4, 0.5) is 5.69 Å². The molecule has 1 aromatic carbocycles. The summed E-state index contributed by atoms with van der Waals surface area (Å²) >= 11 is 0. The summed E-state index contributed by atoms with van der Waals surface area (Å²) in [6.45, 7) is 0. The summed E-state index contributed by atoms with van der Waals surface area (Å²) in [6, 6.07) is 4.85. The van der Waals surface area contributed by atoms with E-state index in [1.165, 1.54) is 6.08 Å². The molecule has 1 aliphatic rings. The number of carbonyl (C=O) groups is 2. The Kier molecular flexibility index (Phi) is 2.04. The van der Waals surface area contributed by atoms with Crippen molar-refractivity contribution in [3.63, 3.8) is 0 Å². The SMILES string of the molecule is Nc1ccc2c(c1)C=CC(=O)C2C(=O)O. The Hall–Kier alpha value is -2.10. The quantitative estimate of drug-likeness (QED) is 0.527. The Morgan fingerprint density at radius 3 is 2.73 bits per heavy atom. The fourth-order valence-corrected chi connectivity index (χ4v) is 1.68. The van der Waals surface area contributed by atoms with Gasteiger partial charge in [0, 0.05) is 5.69 Å². The summed E-state index contributed by atoms with van der Waals surface area (Å²) in [5.74, 6) is -2.62. The third-order valence-corrected chi connectivity index (χ3v) is 2.38. The van der Waals surface area contributed by atoms with Gasteiger partial charge in [-0.05, 0) is 29.3 Å². The summed E-state index contributed by atoms with van der Waals surface area (Å²) in [5, 5.41) is 8.94. The van der Waals surface area contributed by atoms with Crippen LogP contribution in [0.1, 0.15) is 17.0 Å². The Morgan fingerprint density at radius 2 is 2.07 bits per heavy atom. The molecule has 0 saturated carbocycles. The number of carboxylic acid groups (broad SMARTS) is 1. The van der Waals surface area contributed by atoms with Crippen LogP contribution >= 0.6 is 0 Å². The summed E-state index contributed by atoms with van der Waals surface area (Å²) < 4.78 is 0. The first-order chi connectivity index (χ1) is 7.09. The molecule has 4 nitrogen and oxygen atoms in total. The summed E-state index contributed by atoms with van der Waals surface area (Å²) in [4.78, 5) is 22.3. The van der Waals surface area contributed by atoms with Crippen molar-refractivity contribution in [3.8, 4) is 0 Å². The van der Waals surface area contributed by atoms with Crippen molar-refractivity contribution in [3.05, 3.63) is 35.4 Å². The van der Waals surface area contributed by atoms with E-state index in [1.54, 1.807) is 24.3 Å². The van der Waals surface area contributed by atoms with Crippen molar-refractivity contribution in [2.45, 2.75) is 5.92 Å². The first-order valence-electron chi connectivity index (χ1n) is 4.44. The van der Waals surface area contributed by atoms with E-state index in [0.29, 0.717) is 16.8 Å². The lowest BCUT2D eigenvalue weighted by atomic mass is 9.86. The number of nitrogens with two attached hydrogens (primary N) is 1. The molecule has 0 amide bonds. The van der Waals surface area contributed by atoms with E-state index in [1.807, 2.05) is 0 Å². The van der Waals surface area contributed by atoms with Gasteiger partial charge in [0.2, 0.25) is 0 Å². The number of aliphatic carboxylic acids is 1. The van der Waals surface area contributed by atoms with Crippen molar-refractivity contribution >= 4 is 23.5 Å². The summed E-state index contributed by atoms with van der Waals surface area (Å²) in [7, 11) is 0. The maximum Gasteiger partial charge on any atom is 0.318 e. The zero-order chi connectivity index (χ0) is 11.0. The Bertz CT molecular complexity index is 477. The zero-order valence-electron chi connectivity index (χ0n) is 7.81. The van der Waals surface area contributed by atoms with Crippen LogP contribution in [0.15, 0.2) is 24.3 Å². The second-order valence-electron chi connectivity index (χ2n) is 3.40. The standard InChI is InChI=1S/C11H9NO3/c12-7-2-3-8-6(5-7)1-4-9(13)10(8)11(14)15/h1-5,10H,12H2,(H,14,15). The van der Waals surface area contributed by atoms with Gasteiger partial charge in [0.05, 0.1) is 0 Å². The molecule has 2 rings (SSSR count). The molecule has 76 valence electrons. The van der Waals surface area contributed by atoms with Gasteiger partial charge in [0.25, 0.3) is 0 Å². The predicted octanol–water partition coefficient (Wildman–Crippen LogP) is 1.03. The average molecular weight is 203 g/mol. The van der Waals surface area contributed by atoms with E-state index in [0.717, 1.165) is 0 Å². The topological polar surface area (TPSA) is 80.4 Å². The Morgan fingerprint density at radius 1 is 1.33 bits per heavy atom. The van der Waals surface area contributed by atoms with Crippen LogP contribution in [-0.4, -0.2) is 16.9 Å². The second kappa shape index (κ2) is 3.24. The van der Waals surface area contributed by atoms with Crippen LogP contribution in [0.3, 0.4) is 0 Å². The van der Waals surface area contributed by atoms with Gasteiger partial charge in [0.15, 0.2) is 5.78 Å². The van der Waals surface area contributed by atoms with E-state index >= 15 is 0 Å². The van der Waals surface area contributed by atoms with Gasteiger partial charge < -0.3 is 10.8 Å². The predicted molar refractivity (Wildman–Crippen MR) is 55.3 cm³/mol. The minimum Gasteiger partial charge on any atom is -0.480 e. The van der Waals surface area contributed by atoms with E-state index in [4.69, 9.17) is 10.8 Å². The number of carbonyl (C=O) groups excluding carboxylic acids is 1. The van der Waals surface area contributed by atoms with Crippen molar-refractivity contribution in [2.75, 3.05) is 5.73 Å². The molecule has 1 aromatic rings. The van der Waals surface area contributed by atoms with Crippen LogP contribution in [0.5, 0.6) is 0 Å². The molecule has 3 N–H and O–H groups in total. The molecule has 1 atom stereocenters. The molecule has 0 bridgehead atoms. The third kappa shape index (κ3) is 1.50. The highest BCUT2D eigenvalue weighted by atomic mass is 16.4. The number of fused-ring (bicyclic) bond motifs is 1. The fraction of sp³-hybridized carbons (Fsp3) is 0.0909. The highest BCUT2D eigenvalue weighted by Crippen LogP contribution is 2.29. The zero-order valence-corrected chi connectivity index (χ0v) is 7.81. The first kappa shape index (κ1) is 9.45. The van der Waals surface area contributed by atoms with Gasteiger partial charge in [-0.25, -0.2) is 0 Å². The van der Waals surface area contributed by atoms with Gasteiger partial charge in [-0.15, -0.1) is 0 Å².